The SMILES string of the molecule is OCc1ccc(CNc2nc3ccccc3o2)cc1F. The largest absolute Gasteiger partial charge is 0.424 e. The number of aliphatic hydroxyl groups is 1. The van der Waals surface area contributed by atoms with Gasteiger partial charge < -0.3 is 14.8 Å². The zero-order valence-corrected chi connectivity index (χ0v) is 10.6. The molecule has 1 aromatic heterocycles. The van der Waals surface area contributed by atoms with Crippen LogP contribution in [-0.2, 0) is 13.2 Å². The van der Waals surface area contributed by atoms with Gasteiger partial charge in [-0.25, -0.2) is 4.39 Å². The lowest BCUT2D eigenvalue weighted by Crippen LogP contribution is -2.01. The number of para-hydroxylation sites is 2. The van der Waals surface area contributed by atoms with Gasteiger partial charge in [0.1, 0.15) is 11.3 Å². The summed E-state index contributed by atoms with van der Waals surface area (Å²) < 4.78 is 19.0. The number of nitrogens with one attached hydrogen (secondary N) is 1. The van der Waals surface area contributed by atoms with Gasteiger partial charge in [0.15, 0.2) is 5.58 Å². The van der Waals surface area contributed by atoms with E-state index in [1.54, 1.807) is 12.1 Å². The lowest BCUT2D eigenvalue weighted by Gasteiger charge is -2.04. The Balaban J connectivity index is 1.74. The van der Waals surface area contributed by atoms with Crippen LogP contribution in [0, 0.1) is 5.82 Å². The Labute approximate surface area is 114 Å². The summed E-state index contributed by atoms with van der Waals surface area (Å²) in [7, 11) is 0. The zero-order chi connectivity index (χ0) is 13.9. The number of benzene rings is 2. The second-order valence-corrected chi connectivity index (χ2v) is 4.42. The van der Waals surface area contributed by atoms with E-state index in [0.717, 1.165) is 11.1 Å². The Bertz CT molecular complexity index is 707. The fourth-order valence-corrected chi connectivity index (χ4v) is 1.95. The monoisotopic (exact) mass is 272 g/mol. The number of oxazole rings is 1. The molecule has 0 amide bonds. The number of aromatic nitrogens is 1. The fraction of sp³-hybridized carbons (Fsp3) is 0.133. The van der Waals surface area contributed by atoms with E-state index in [2.05, 4.69) is 10.3 Å². The number of hydrogen-bond acceptors (Lipinski definition) is 4. The molecule has 1 heterocycles. The summed E-state index contributed by atoms with van der Waals surface area (Å²) in [6.45, 7) is 0.0973. The molecule has 2 N–H and O–H groups in total. The predicted octanol–water partition coefficient (Wildman–Crippen LogP) is 3.07. The molecule has 20 heavy (non-hydrogen) atoms. The van der Waals surface area contributed by atoms with Gasteiger partial charge in [-0.1, -0.05) is 24.3 Å². The van der Waals surface area contributed by atoms with E-state index in [0.29, 0.717) is 18.1 Å². The van der Waals surface area contributed by atoms with Gasteiger partial charge in [-0.15, -0.1) is 0 Å². The second kappa shape index (κ2) is 5.30. The average molecular weight is 272 g/mol. The zero-order valence-electron chi connectivity index (χ0n) is 10.6. The highest BCUT2D eigenvalue weighted by Crippen LogP contribution is 2.19. The minimum atomic E-state index is -0.413. The molecule has 4 nitrogen and oxygen atoms in total. The van der Waals surface area contributed by atoms with Crippen molar-refractivity contribution in [1.29, 1.82) is 0 Å². The molecule has 0 aliphatic heterocycles. The van der Waals surface area contributed by atoms with E-state index in [1.807, 2.05) is 24.3 Å². The first-order valence-electron chi connectivity index (χ1n) is 6.24. The molecular formula is C15H13FN2O2. The van der Waals surface area contributed by atoms with Gasteiger partial charge in [0.05, 0.1) is 6.61 Å². The highest BCUT2D eigenvalue weighted by molar-refractivity contribution is 5.74. The number of aliphatic hydroxyl groups excluding tert-OH is 1. The maximum Gasteiger partial charge on any atom is 0.295 e. The van der Waals surface area contributed by atoms with Crippen LogP contribution in [0.2, 0.25) is 0 Å². The van der Waals surface area contributed by atoms with Gasteiger partial charge in [-0.2, -0.15) is 4.98 Å². The standard InChI is InChI=1S/C15H13FN2O2/c16-12-7-10(5-6-11(12)9-19)8-17-15-18-13-3-1-2-4-14(13)20-15/h1-7,19H,8-9H2,(H,17,18). The summed E-state index contributed by atoms with van der Waals surface area (Å²) in [4.78, 5) is 4.27. The van der Waals surface area contributed by atoms with Crippen LogP contribution in [-0.4, -0.2) is 10.1 Å². The Morgan fingerprint density at radius 1 is 1.20 bits per heavy atom. The molecule has 3 aromatic rings. The van der Waals surface area contributed by atoms with Crippen molar-refractivity contribution in [1.82, 2.24) is 4.98 Å². The number of nitrogens with zero attached hydrogens (tertiary/aromatic N) is 1. The molecule has 102 valence electrons. The first-order valence-corrected chi connectivity index (χ1v) is 6.24. The van der Waals surface area contributed by atoms with E-state index in [4.69, 9.17) is 9.52 Å². The van der Waals surface area contributed by atoms with Gasteiger partial charge in [0.25, 0.3) is 6.01 Å². The van der Waals surface area contributed by atoms with E-state index < -0.39 is 5.82 Å². The summed E-state index contributed by atoms with van der Waals surface area (Å²) in [5, 5.41) is 11.9. The van der Waals surface area contributed by atoms with Crippen molar-refractivity contribution in [3.63, 3.8) is 0 Å². The first-order chi connectivity index (χ1) is 9.76. The van der Waals surface area contributed by atoms with Crippen LogP contribution < -0.4 is 5.32 Å². The molecule has 0 saturated carbocycles. The highest BCUT2D eigenvalue weighted by atomic mass is 19.1. The van der Waals surface area contributed by atoms with Crippen molar-refractivity contribution < 1.29 is 13.9 Å². The first kappa shape index (κ1) is 12.6. The van der Waals surface area contributed by atoms with Crippen LogP contribution in [0.3, 0.4) is 0 Å². The minimum Gasteiger partial charge on any atom is -0.424 e. The van der Waals surface area contributed by atoms with Gasteiger partial charge in [-0.05, 0) is 23.8 Å². The normalized spacial score (nSPS) is 10.9. The van der Waals surface area contributed by atoms with Crippen molar-refractivity contribution in [2.75, 3.05) is 5.32 Å². The van der Waals surface area contributed by atoms with E-state index >= 15 is 0 Å². The Kier molecular flexibility index (Phi) is 3.35. The summed E-state index contributed by atoms with van der Waals surface area (Å²) in [5.41, 5.74) is 2.52. The average Bonchev–Trinajstić information content (AvgIpc) is 2.88. The smallest absolute Gasteiger partial charge is 0.295 e. The van der Waals surface area contributed by atoms with Crippen LogP contribution in [0.1, 0.15) is 11.1 Å². The van der Waals surface area contributed by atoms with Crippen molar-refractivity contribution in [3.8, 4) is 0 Å². The minimum absolute atomic E-state index is 0.288. The van der Waals surface area contributed by atoms with Crippen LogP contribution in [0.4, 0.5) is 10.4 Å². The molecule has 0 unspecified atom stereocenters. The molecule has 3 rings (SSSR count). The molecule has 0 radical (unpaired) electrons. The summed E-state index contributed by atoms with van der Waals surface area (Å²) in [6, 6.07) is 12.6. The molecule has 0 aliphatic rings. The maximum atomic E-state index is 13.5. The van der Waals surface area contributed by atoms with Gasteiger partial charge in [0.2, 0.25) is 0 Å². The van der Waals surface area contributed by atoms with Crippen molar-refractivity contribution in [2.45, 2.75) is 13.2 Å². The fourth-order valence-electron chi connectivity index (χ4n) is 1.95. The predicted molar refractivity (Wildman–Crippen MR) is 73.7 cm³/mol. The van der Waals surface area contributed by atoms with Crippen molar-refractivity contribution in [3.05, 3.63) is 59.4 Å². The van der Waals surface area contributed by atoms with Crippen LogP contribution in [0.5, 0.6) is 0 Å². The summed E-state index contributed by atoms with van der Waals surface area (Å²) in [6.07, 6.45) is 0. The topological polar surface area (TPSA) is 58.3 Å². The number of rotatable bonds is 4. The Hall–Kier alpha value is -2.40. The number of fused-ring (bicyclic) bond motifs is 1. The lowest BCUT2D eigenvalue weighted by molar-refractivity contribution is 0.275. The summed E-state index contributed by atoms with van der Waals surface area (Å²) >= 11 is 0. The third-order valence-corrected chi connectivity index (χ3v) is 3.03. The molecule has 0 fully saturated rings. The Morgan fingerprint density at radius 2 is 2.05 bits per heavy atom. The number of hydrogen-bond donors (Lipinski definition) is 2. The molecular weight excluding hydrogens is 259 g/mol. The van der Waals surface area contributed by atoms with Gasteiger partial charge in [-0.3, -0.25) is 0 Å². The number of anilines is 1. The molecule has 0 spiro atoms. The van der Waals surface area contributed by atoms with Gasteiger partial charge in [0, 0.05) is 12.1 Å². The van der Waals surface area contributed by atoms with E-state index in [1.165, 1.54) is 6.07 Å². The number of halogens is 1. The van der Waals surface area contributed by atoms with Crippen molar-refractivity contribution >= 4 is 17.1 Å². The third-order valence-electron chi connectivity index (χ3n) is 3.03. The Morgan fingerprint density at radius 3 is 2.80 bits per heavy atom. The summed E-state index contributed by atoms with van der Waals surface area (Å²) in [5.74, 6) is -0.413. The van der Waals surface area contributed by atoms with Crippen LogP contribution in [0.15, 0.2) is 46.9 Å². The molecule has 2 aromatic carbocycles. The maximum absolute atomic E-state index is 13.5. The molecule has 0 aliphatic carbocycles. The second-order valence-electron chi connectivity index (χ2n) is 4.42. The van der Waals surface area contributed by atoms with E-state index in [9.17, 15) is 4.39 Å². The van der Waals surface area contributed by atoms with Crippen molar-refractivity contribution in [2.24, 2.45) is 0 Å². The lowest BCUT2D eigenvalue weighted by atomic mass is 10.1. The molecule has 0 atom stereocenters. The molecule has 5 heteroatoms. The van der Waals surface area contributed by atoms with Gasteiger partial charge >= 0.3 is 0 Å². The third kappa shape index (κ3) is 2.48. The van der Waals surface area contributed by atoms with Crippen LogP contribution >= 0.6 is 0 Å². The van der Waals surface area contributed by atoms with E-state index in [-0.39, 0.29) is 12.2 Å². The molecule has 0 bridgehead atoms. The highest BCUT2D eigenvalue weighted by Gasteiger charge is 2.06. The quantitative estimate of drug-likeness (QED) is 0.766. The van der Waals surface area contributed by atoms with Crippen LogP contribution in [0.25, 0.3) is 11.1 Å². The molecule has 0 saturated heterocycles.